The van der Waals surface area contributed by atoms with E-state index in [1.165, 1.54) is 24.3 Å². The van der Waals surface area contributed by atoms with Crippen LogP contribution in [-0.4, -0.2) is 29.6 Å². The molecule has 1 heterocycles. The molecule has 1 aromatic heterocycles. The smallest absolute Gasteiger partial charge is 0.323 e. The van der Waals surface area contributed by atoms with Gasteiger partial charge in [0.2, 0.25) is 5.69 Å². The van der Waals surface area contributed by atoms with Gasteiger partial charge in [-0.3, -0.25) is 4.98 Å². The van der Waals surface area contributed by atoms with Crippen molar-refractivity contribution in [3.63, 3.8) is 0 Å². The lowest BCUT2D eigenvalue weighted by Gasteiger charge is -2.12. The van der Waals surface area contributed by atoms with Gasteiger partial charge in [0.05, 0.1) is 18.7 Å². The fraction of sp³-hybridized carbons (Fsp3) is 0.115. The number of aromatic nitrogens is 1. The highest BCUT2D eigenvalue weighted by Gasteiger charge is 2.12. The highest BCUT2D eigenvalue weighted by Crippen LogP contribution is 2.37. The zero-order chi connectivity index (χ0) is 24.6. The first-order valence-electron chi connectivity index (χ1n) is 10.6. The number of pyridine rings is 1. The molecule has 0 atom stereocenters. The number of ether oxygens (including phenoxy) is 2. The molecule has 0 saturated heterocycles. The van der Waals surface area contributed by atoms with Crippen LogP contribution in [-0.2, 0) is 0 Å². The largest absolute Gasteiger partial charge is 0.504 e. The second-order valence-electron chi connectivity index (χ2n) is 7.31. The lowest BCUT2D eigenvalue weighted by molar-refractivity contribution is 0.262. The molecule has 2 N–H and O–H groups in total. The minimum Gasteiger partial charge on any atom is -0.504 e. The van der Waals surface area contributed by atoms with Crippen LogP contribution in [0.15, 0.2) is 72.9 Å². The number of amides is 2. The zero-order valence-electron chi connectivity index (χ0n) is 18.7. The summed E-state index contributed by atoms with van der Waals surface area (Å²) in [6.07, 6.45) is 3.63. The molecule has 7 nitrogen and oxygen atoms in total. The molecule has 0 spiro atoms. The van der Waals surface area contributed by atoms with Crippen molar-refractivity contribution in [3.05, 3.63) is 90.2 Å². The van der Waals surface area contributed by atoms with E-state index in [1.807, 2.05) is 6.26 Å². The van der Waals surface area contributed by atoms with E-state index < -0.39 is 6.03 Å². The fourth-order valence-corrected chi connectivity index (χ4v) is 3.47. The molecule has 4 rings (SSSR count). The Bertz CT molecular complexity index is 1370. The first kappa shape index (κ1) is 23.9. The minimum absolute atomic E-state index is 0.376. The number of carbonyl (C=O) groups is 1. The Kier molecular flexibility index (Phi) is 7.65. The van der Waals surface area contributed by atoms with Crippen LogP contribution in [0.3, 0.4) is 0 Å². The van der Waals surface area contributed by atoms with Crippen LogP contribution in [0.2, 0.25) is 0 Å². The van der Waals surface area contributed by atoms with Gasteiger partial charge in [0.15, 0.2) is 0 Å². The van der Waals surface area contributed by atoms with E-state index >= 15 is 0 Å². The number of anilines is 2. The van der Waals surface area contributed by atoms with Crippen LogP contribution in [0.25, 0.3) is 15.7 Å². The van der Waals surface area contributed by atoms with Crippen LogP contribution in [0.5, 0.6) is 17.2 Å². The Morgan fingerprint density at radius 2 is 1.71 bits per heavy atom. The van der Waals surface area contributed by atoms with Crippen molar-refractivity contribution in [2.24, 2.45) is 0 Å². The number of nitrogens with zero attached hydrogens (tertiary/aromatic N) is 2. The Hall–Kier alpha value is -4.29. The molecule has 176 valence electrons. The molecule has 0 bridgehead atoms. The summed E-state index contributed by atoms with van der Waals surface area (Å²) in [5, 5.41) is 6.03. The third-order valence-electron chi connectivity index (χ3n) is 4.89. The van der Waals surface area contributed by atoms with Gasteiger partial charge >= 0.3 is 6.03 Å². The molecular weight excluding hydrogens is 467 g/mol. The number of carbonyl (C=O) groups excluding carboxylic acids is 1. The zero-order valence-corrected chi connectivity index (χ0v) is 19.6. The Morgan fingerprint density at radius 1 is 1.03 bits per heavy atom. The molecular formula is C26H21FN4O3S. The van der Waals surface area contributed by atoms with Crippen LogP contribution in [0, 0.1) is 12.4 Å². The summed E-state index contributed by atoms with van der Waals surface area (Å²) in [5.41, 5.74) is 2.08. The summed E-state index contributed by atoms with van der Waals surface area (Å²) in [6.45, 7) is 8.02. The summed E-state index contributed by atoms with van der Waals surface area (Å²) in [7, 11) is 0. The van der Waals surface area contributed by atoms with Gasteiger partial charge < -0.3 is 20.1 Å². The van der Waals surface area contributed by atoms with Crippen molar-refractivity contribution in [2.75, 3.05) is 29.2 Å². The quantitative estimate of drug-likeness (QED) is 0.204. The van der Waals surface area contributed by atoms with Crippen LogP contribution < -0.4 is 20.1 Å². The van der Waals surface area contributed by atoms with E-state index in [0.717, 1.165) is 5.75 Å². The molecule has 0 fully saturated rings. The third kappa shape index (κ3) is 6.19. The Labute approximate surface area is 206 Å². The maximum absolute atomic E-state index is 13.0. The van der Waals surface area contributed by atoms with Crippen molar-refractivity contribution in [1.82, 2.24) is 4.98 Å². The van der Waals surface area contributed by atoms with E-state index in [-0.39, 0.29) is 5.82 Å². The third-order valence-corrected chi connectivity index (χ3v) is 5.46. The molecule has 0 aliphatic rings. The summed E-state index contributed by atoms with van der Waals surface area (Å²) >= 11 is 1.67. The normalized spacial score (nSPS) is 10.4. The van der Waals surface area contributed by atoms with E-state index in [0.29, 0.717) is 51.8 Å². The molecule has 2 amide bonds. The highest BCUT2D eigenvalue weighted by molar-refractivity contribution is 7.98. The molecule has 0 radical (unpaired) electrons. The van der Waals surface area contributed by atoms with E-state index in [4.69, 9.17) is 16.0 Å². The number of benzene rings is 3. The van der Waals surface area contributed by atoms with Gasteiger partial charge in [-0.05, 0) is 73.0 Å². The SMILES string of the molecule is [C-]#[N+]c1cc2c(Oc3ccc(NC(=O)Nc4ccc(F)cc4)cc3)ccnc2cc1OCCSC. The maximum Gasteiger partial charge on any atom is 0.323 e. The molecule has 4 aromatic rings. The summed E-state index contributed by atoms with van der Waals surface area (Å²) in [5.74, 6) is 2.04. The van der Waals surface area contributed by atoms with Crippen molar-refractivity contribution >= 4 is 45.8 Å². The van der Waals surface area contributed by atoms with Gasteiger partial charge in [-0.2, -0.15) is 11.8 Å². The van der Waals surface area contributed by atoms with E-state index in [9.17, 15) is 9.18 Å². The Balaban J connectivity index is 1.46. The van der Waals surface area contributed by atoms with Gasteiger partial charge in [0, 0.05) is 28.7 Å². The second-order valence-corrected chi connectivity index (χ2v) is 8.30. The topological polar surface area (TPSA) is 76.8 Å². The number of halogens is 1. The van der Waals surface area contributed by atoms with Crippen LogP contribution in [0.1, 0.15) is 0 Å². The van der Waals surface area contributed by atoms with Crippen molar-refractivity contribution < 1.29 is 18.7 Å². The molecule has 0 unspecified atom stereocenters. The highest BCUT2D eigenvalue weighted by atomic mass is 32.2. The first-order chi connectivity index (χ1) is 17.1. The molecule has 35 heavy (non-hydrogen) atoms. The average Bonchev–Trinajstić information content (AvgIpc) is 2.86. The Morgan fingerprint density at radius 3 is 2.37 bits per heavy atom. The summed E-state index contributed by atoms with van der Waals surface area (Å²) < 4.78 is 24.8. The van der Waals surface area contributed by atoms with Crippen molar-refractivity contribution in [3.8, 4) is 17.2 Å². The van der Waals surface area contributed by atoms with E-state index in [2.05, 4.69) is 20.5 Å². The number of hydrogen-bond acceptors (Lipinski definition) is 5. The first-order valence-corrected chi connectivity index (χ1v) is 12.0. The second kappa shape index (κ2) is 11.2. The predicted octanol–water partition coefficient (Wildman–Crippen LogP) is 7.10. The van der Waals surface area contributed by atoms with Gasteiger partial charge in [-0.25, -0.2) is 14.0 Å². The lowest BCUT2D eigenvalue weighted by Crippen LogP contribution is -2.19. The maximum atomic E-state index is 13.0. The van der Waals surface area contributed by atoms with Gasteiger partial charge in [-0.15, -0.1) is 0 Å². The van der Waals surface area contributed by atoms with Gasteiger partial charge in [0.1, 0.15) is 23.1 Å². The predicted molar refractivity (Wildman–Crippen MR) is 137 cm³/mol. The number of nitrogens with one attached hydrogen (secondary N) is 2. The monoisotopic (exact) mass is 488 g/mol. The van der Waals surface area contributed by atoms with E-state index in [1.54, 1.807) is 60.4 Å². The van der Waals surface area contributed by atoms with Crippen molar-refractivity contribution in [2.45, 2.75) is 0 Å². The molecule has 0 aliphatic carbocycles. The van der Waals surface area contributed by atoms with Gasteiger partial charge in [-0.1, -0.05) is 0 Å². The summed E-state index contributed by atoms with van der Waals surface area (Å²) in [4.78, 5) is 20.2. The number of urea groups is 1. The molecule has 0 saturated carbocycles. The van der Waals surface area contributed by atoms with Crippen LogP contribution >= 0.6 is 11.8 Å². The minimum atomic E-state index is -0.451. The molecule has 9 heteroatoms. The average molecular weight is 489 g/mol. The lowest BCUT2D eigenvalue weighted by atomic mass is 10.1. The number of rotatable bonds is 8. The number of thioether (sulfide) groups is 1. The van der Waals surface area contributed by atoms with Crippen molar-refractivity contribution in [1.29, 1.82) is 0 Å². The summed E-state index contributed by atoms with van der Waals surface area (Å²) in [6, 6.07) is 17.1. The molecule has 3 aromatic carbocycles. The van der Waals surface area contributed by atoms with Crippen LogP contribution in [0.4, 0.5) is 26.2 Å². The standard InChI is InChI=1S/C26H21FN4O3S/c1-28-23-15-21-22(16-25(23)33-13-14-35-2)29-12-11-24(21)34-20-9-7-19(8-10-20)31-26(32)30-18-5-3-17(27)4-6-18/h3-12,15-16H,13-14H2,2H3,(H2,30,31,32). The number of fused-ring (bicyclic) bond motifs is 1. The number of hydrogen-bond donors (Lipinski definition) is 2. The fourth-order valence-electron chi connectivity index (χ4n) is 3.22. The van der Waals surface area contributed by atoms with Gasteiger partial charge in [0.25, 0.3) is 0 Å². The molecule has 0 aliphatic heterocycles.